The molecule has 0 radical (unpaired) electrons. The van der Waals surface area contributed by atoms with Gasteiger partial charge in [0.2, 0.25) is 0 Å². The zero-order valence-corrected chi connectivity index (χ0v) is 15.8. The van der Waals surface area contributed by atoms with Gasteiger partial charge in [0, 0.05) is 0 Å². The van der Waals surface area contributed by atoms with Crippen LogP contribution in [0.1, 0.15) is 28.4 Å². The largest absolute Gasteiger partial charge is 0.493 e. The van der Waals surface area contributed by atoms with E-state index in [2.05, 4.69) is 0 Å². The highest BCUT2D eigenvalue weighted by atomic mass is 16.5. The summed E-state index contributed by atoms with van der Waals surface area (Å²) in [6.45, 7) is 4.39. The first kappa shape index (κ1) is 19.4. The quantitative estimate of drug-likeness (QED) is 0.668. The highest BCUT2D eigenvalue weighted by Gasteiger charge is 2.14. The van der Waals surface area contributed by atoms with Gasteiger partial charge in [0.15, 0.2) is 23.0 Å². The number of ether oxygens (including phenoxy) is 5. The molecule has 0 aliphatic heterocycles. The summed E-state index contributed by atoms with van der Waals surface area (Å²) in [6, 6.07) is 8.60. The fraction of sp³-hybridized carbons (Fsp3) is 0.350. The fourth-order valence-electron chi connectivity index (χ4n) is 2.48. The van der Waals surface area contributed by atoms with Crippen molar-refractivity contribution in [1.29, 1.82) is 0 Å². The van der Waals surface area contributed by atoms with E-state index >= 15 is 0 Å². The maximum atomic E-state index is 12.4. The van der Waals surface area contributed by atoms with Gasteiger partial charge in [0.1, 0.15) is 6.61 Å². The Morgan fingerprint density at radius 3 is 2.15 bits per heavy atom. The Bertz CT molecular complexity index is 769. The van der Waals surface area contributed by atoms with E-state index in [1.807, 2.05) is 19.9 Å². The van der Waals surface area contributed by atoms with Gasteiger partial charge < -0.3 is 23.7 Å². The standard InChI is InChI=1S/C20H24O6/c1-6-25-19-10-14(7-8-16(19)22-3)20(21)26-12-15-11-18(24-5)17(23-4)9-13(15)2/h7-11H,6,12H2,1-5H3. The Balaban J connectivity index is 2.15. The van der Waals surface area contributed by atoms with Crippen LogP contribution < -0.4 is 18.9 Å². The van der Waals surface area contributed by atoms with Gasteiger partial charge in [-0.05, 0) is 55.3 Å². The van der Waals surface area contributed by atoms with E-state index < -0.39 is 5.97 Å². The lowest BCUT2D eigenvalue weighted by atomic mass is 10.1. The monoisotopic (exact) mass is 360 g/mol. The fourth-order valence-corrected chi connectivity index (χ4v) is 2.48. The molecule has 140 valence electrons. The molecule has 26 heavy (non-hydrogen) atoms. The second-order valence-corrected chi connectivity index (χ2v) is 5.51. The van der Waals surface area contributed by atoms with Crippen molar-refractivity contribution < 1.29 is 28.5 Å². The van der Waals surface area contributed by atoms with Gasteiger partial charge in [-0.1, -0.05) is 0 Å². The lowest BCUT2D eigenvalue weighted by molar-refractivity contribution is 0.0471. The van der Waals surface area contributed by atoms with E-state index in [-0.39, 0.29) is 6.61 Å². The topological polar surface area (TPSA) is 63.2 Å². The molecule has 0 aromatic heterocycles. The number of hydrogen-bond acceptors (Lipinski definition) is 6. The molecular formula is C20H24O6. The molecule has 6 heteroatoms. The van der Waals surface area contributed by atoms with Gasteiger partial charge >= 0.3 is 5.97 Å². The Labute approximate surface area is 153 Å². The van der Waals surface area contributed by atoms with Crippen LogP contribution >= 0.6 is 0 Å². The van der Waals surface area contributed by atoms with E-state index in [9.17, 15) is 4.79 Å². The summed E-state index contributed by atoms with van der Waals surface area (Å²) in [6.07, 6.45) is 0. The summed E-state index contributed by atoms with van der Waals surface area (Å²) in [4.78, 5) is 12.4. The minimum Gasteiger partial charge on any atom is -0.493 e. The van der Waals surface area contributed by atoms with Crippen LogP contribution in [0.25, 0.3) is 0 Å². The highest BCUT2D eigenvalue weighted by Crippen LogP contribution is 2.31. The number of carbonyl (C=O) groups is 1. The van der Waals surface area contributed by atoms with E-state index in [0.29, 0.717) is 35.2 Å². The van der Waals surface area contributed by atoms with Gasteiger partial charge in [-0.2, -0.15) is 0 Å². The zero-order valence-electron chi connectivity index (χ0n) is 15.8. The molecule has 6 nitrogen and oxygen atoms in total. The lowest BCUT2D eigenvalue weighted by Gasteiger charge is -2.14. The first-order chi connectivity index (χ1) is 12.5. The van der Waals surface area contributed by atoms with Crippen molar-refractivity contribution in [1.82, 2.24) is 0 Å². The van der Waals surface area contributed by atoms with Crippen molar-refractivity contribution >= 4 is 5.97 Å². The van der Waals surface area contributed by atoms with Crippen LogP contribution in [0.2, 0.25) is 0 Å². The van der Waals surface area contributed by atoms with Crippen molar-refractivity contribution in [2.75, 3.05) is 27.9 Å². The molecule has 0 saturated heterocycles. The molecule has 0 amide bonds. The number of carbonyl (C=O) groups excluding carboxylic acids is 1. The van der Waals surface area contributed by atoms with E-state index in [0.717, 1.165) is 11.1 Å². The molecule has 2 rings (SSSR count). The van der Waals surface area contributed by atoms with Crippen LogP contribution in [-0.4, -0.2) is 33.9 Å². The maximum absolute atomic E-state index is 12.4. The molecule has 0 atom stereocenters. The number of methoxy groups -OCH3 is 3. The Kier molecular flexibility index (Phi) is 6.72. The first-order valence-electron chi connectivity index (χ1n) is 8.23. The van der Waals surface area contributed by atoms with E-state index in [4.69, 9.17) is 23.7 Å². The molecule has 2 aromatic rings. The van der Waals surface area contributed by atoms with Crippen molar-refractivity contribution in [2.24, 2.45) is 0 Å². The number of hydrogen-bond donors (Lipinski definition) is 0. The van der Waals surface area contributed by atoms with Crippen LogP contribution in [0.5, 0.6) is 23.0 Å². The summed E-state index contributed by atoms with van der Waals surface area (Å²) in [7, 11) is 4.70. The third-order valence-electron chi connectivity index (χ3n) is 3.90. The van der Waals surface area contributed by atoms with Gasteiger partial charge in [0.05, 0.1) is 33.5 Å². The van der Waals surface area contributed by atoms with Crippen LogP contribution in [-0.2, 0) is 11.3 Å². The van der Waals surface area contributed by atoms with E-state index in [1.165, 1.54) is 0 Å². The molecule has 0 bridgehead atoms. The highest BCUT2D eigenvalue weighted by molar-refractivity contribution is 5.90. The number of benzene rings is 2. The van der Waals surface area contributed by atoms with Gasteiger partial charge in [-0.3, -0.25) is 0 Å². The minimum absolute atomic E-state index is 0.126. The third kappa shape index (κ3) is 4.39. The third-order valence-corrected chi connectivity index (χ3v) is 3.90. The molecule has 2 aromatic carbocycles. The molecule has 0 heterocycles. The van der Waals surface area contributed by atoms with Crippen molar-refractivity contribution in [3.8, 4) is 23.0 Å². The van der Waals surface area contributed by atoms with Crippen LogP contribution in [0.4, 0.5) is 0 Å². The summed E-state index contributed by atoms with van der Waals surface area (Å²) >= 11 is 0. The van der Waals surface area contributed by atoms with Crippen LogP contribution in [0, 0.1) is 6.92 Å². The van der Waals surface area contributed by atoms with Crippen LogP contribution in [0.15, 0.2) is 30.3 Å². The Morgan fingerprint density at radius 1 is 0.885 bits per heavy atom. The first-order valence-corrected chi connectivity index (χ1v) is 8.23. The molecule has 0 aliphatic carbocycles. The number of rotatable bonds is 8. The van der Waals surface area contributed by atoms with E-state index in [1.54, 1.807) is 45.6 Å². The smallest absolute Gasteiger partial charge is 0.338 e. The van der Waals surface area contributed by atoms with Crippen LogP contribution in [0.3, 0.4) is 0 Å². The average Bonchev–Trinajstić information content (AvgIpc) is 2.66. The second kappa shape index (κ2) is 8.99. The average molecular weight is 360 g/mol. The SMILES string of the molecule is CCOc1cc(C(=O)OCc2cc(OC)c(OC)cc2C)ccc1OC. The number of esters is 1. The Morgan fingerprint density at radius 2 is 1.54 bits per heavy atom. The maximum Gasteiger partial charge on any atom is 0.338 e. The molecule has 0 spiro atoms. The van der Waals surface area contributed by atoms with Crippen molar-refractivity contribution in [2.45, 2.75) is 20.5 Å². The summed E-state index contributed by atoms with van der Waals surface area (Å²) < 4.78 is 26.7. The molecule has 0 N–H and O–H groups in total. The predicted molar refractivity (Wildman–Crippen MR) is 97.6 cm³/mol. The molecule has 0 aliphatic rings. The molecule has 0 unspecified atom stereocenters. The van der Waals surface area contributed by atoms with Crippen molar-refractivity contribution in [3.05, 3.63) is 47.0 Å². The molecule has 0 fully saturated rings. The van der Waals surface area contributed by atoms with Crippen molar-refractivity contribution in [3.63, 3.8) is 0 Å². The Hall–Kier alpha value is -2.89. The summed E-state index contributed by atoms with van der Waals surface area (Å²) in [5, 5.41) is 0. The number of aryl methyl sites for hydroxylation is 1. The summed E-state index contributed by atoms with van der Waals surface area (Å²) in [5.74, 6) is 1.86. The second-order valence-electron chi connectivity index (χ2n) is 5.51. The molecular weight excluding hydrogens is 336 g/mol. The van der Waals surface area contributed by atoms with Gasteiger partial charge in [-0.25, -0.2) is 4.79 Å². The van der Waals surface area contributed by atoms with Gasteiger partial charge in [-0.15, -0.1) is 0 Å². The normalized spacial score (nSPS) is 10.2. The minimum atomic E-state index is -0.442. The van der Waals surface area contributed by atoms with Gasteiger partial charge in [0.25, 0.3) is 0 Å². The zero-order chi connectivity index (χ0) is 19.1. The summed E-state index contributed by atoms with van der Waals surface area (Å²) in [5.41, 5.74) is 2.18. The lowest BCUT2D eigenvalue weighted by Crippen LogP contribution is -2.07. The molecule has 0 saturated carbocycles. The predicted octanol–water partition coefficient (Wildman–Crippen LogP) is 3.78.